The van der Waals surface area contributed by atoms with Crippen LogP contribution in [0.2, 0.25) is 0 Å². The number of aromatic nitrogens is 2. The zero-order valence-corrected chi connectivity index (χ0v) is 17.6. The number of thiophene rings is 1. The number of nitrogens with zero attached hydrogens (tertiary/aromatic N) is 4. The molecule has 3 aromatic rings. The minimum absolute atomic E-state index is 0.0158. The molecule has 1 fully saturated rings. The Morgan fingerprint density at radius 2 is 1.97 bits per heavy atom. The van der Waals surface area contributed by atoms with Gasteiger partial charge >= 0.3 is 6.18 Å². The van der Waals surface area contributed by atoms with Gasteiger partial charge in [0.05, 0.1) is 23.2 Å². The lowest BCUT2D eigenvalue weighted by Gasteiger charge is -2.30. The highest BCUT2D eigenvalue weighted by Crippen LogP contribution is 2.37. The maximum Gasteiger partial charge on any atom is 0.419 e. The van der Waals surface area contributed by atoms with Crippen LogP contribution >= 0.6 is 11.3 Å². The van der Waals surface area contributed by atoms with E-state index in [0.29, 0.717) is 30.0 Å². The molecule has 32 heavy (non-hydrogen) atoms. The number of rotatable bonds is 4. The Kier molecular flexibility index (Phi) is 5.64. The molecule has 7 nitrogen and oxygen atoms in total. The van der Waals surface area contributed by atoms with Crippen molar-refractivity contribution in [3.05, 3.63) is 56.2 Å². The molecule has 2 aromatic heterocycles. The Labute approximate surface area is 184 Å². The molecule has 1 aliphatic heterocycles. The quantitative estimate of drug-likeness (QED) is 0.641. The molecule has 0 radical (unpaired) electrons. The first-order valence-electron chi connectivity index (χ1n) is 9.88. The van der Waals surface area contributed by atoms with Gasteiger partial charge in [-0.3, -0.25) is 14.2 Å². The highest BCUT2D eigenvalue weighted by molar-refractivity contribution is 7.17. The number of halogens is 3. The number of benzene rings is 1. The largest absolute Gasteiger partial charge is 0.419 e. The van der Waals surface area contributed by atoms with E-state index in [9.17, 15) is 28.0 Å². The summed E-state index contributed by atoms with van der Waals surface area (Å²) < 4.78 is 41.6. The summed E-state index contributed by atoms with van der Waals surface area (Å²) in [6.45, 7) is 0.975. The fourth-order valence-corrected chi connectivity index (χ4v) is 4.87. The van der Waals surface area contributed by atoms with E-state index in [0.717, 1.165) is 24.6 Å². The predicted molar refractivity (Wildman–Crippen MR) is 114 cm³/mol. The van der Waals surface area contributed by atoms with Gasteiger partial charge in [-0.2, -0.15) is 18.4 Å². The zero-order chi connectivity index (χ0) is 23.0. The van der Waals surface area contributed by atoms with Crippen molar-refractivity contribution in [2.45, 2.75) is 32.0 Å². The Bertz CT molecular complexity index is 1300. The molecule has 0 saturated carbocycles. The van der Waals surface area contributed by atoms with E-state index >= 15 is 0 Å². The van der Waals surface area contributed by atoms with E-state index in [1.165, 1.54) is 10.6 Å². The maximum absolute atomic E-state index is 13.5. The van der Waals surface area contributed by atoms with Crippen LogP contribution in [-0.4, -0.2) is 28.5 Å². The van der Waals surface area contributed by atoms with Crippen molar-refractivity contribution < 1.29 is 18.0 Å². The first-order chi connectivity index (χ1) is 15.2. The number of amides is 1. The highest BCUT2D eigenvalue weighted by atomic mass is 32.1. The van der Waals surface area contributed by atoms with Gasteiger partial charge in [-0.15, -0.1) is 11.3 Å². The fourth-order valence-electron chi connectivity index (χ4n) is 3.91. The third-order valence-corrected chi connectivity index (χ3v) is 6.42. The molecule has 4 rings (SSSR count). The summed E-state index contributed by atoms with van der Waals surface area (Å²) in [7, 11) is 0. The van der Waals surface area contributed by atoms with Crippen LogP contribution in [0.4, 0.5) is 19.1 Å². The fraction of sp³-hybridized carbons (Fsp3) is 0.333. The summed E-state index contributed by atoms with van der Waals surface area (Å²) in [6, 6.07) is 6.48. The summed E-state index contributed by atoms with van der Waals surface area (Å²) >= 11 is 0.692. The third kappa shape index (κ3) is 3.82. The molecule has 3 heterocycles. The Balaban J connectivity index is 1.94. The minimum Gasteiger partial charge on any atom is -0.366 e. The zero-order valence-electron chi connectivity index (χ0n) is 16.8. The van der Waals surface area contributed by atoms with Gasteiger partial charge in [0, 0.05) is 18.5 Å². The number of hydrogen-bond donors (Lipinski definition) is 1. The summed E-state index contributed by atoms with van der Waals surface area (Å²) in [6.07, 6.45) is -2.00. The van der Waals surface area contributed by atoms with Crippen LogP contribution in [0.5, 0.6) is 0 Å². The van der Waals surface area contributed by atoms with Crippen LogP contribution in [0.3, 0.4) is 0 Å². The van der Waals surface area contributed by atoms with Gasteiger partial charge in [0.15, 0.2) is 0 Å². The molecule has 166 valence electrons. The van der Waals surface area contributed by atoms with Gasteiger partial charge in [0.25, 0.3) is 5.56 Å². The van der Waals surface area contributed by atoms with Gasteiger partial charge < -0.3 is 10.6 Å². The van der Waals surface area contributed by atoms with Crippen molar-refractivity contribution in [1.29, 1.82) is 5.26 Å². The Hall–Kier alpha value is -3.39. The average Bonchev–Trinajstić information content (AvgIpc) is 3.20. The Morgan fingerprint density at radius 3 is 2.59 bits per heavy atom. The van der Waals surface area contributed by atoms with Gasteiger partial charge in [-0.05, 0) is 30.9 Å². The molecule has 1 aliphatic rings. The van der Waals surface area contributed by atoms with Gasteiger partial charge in [-0.25, -0.2) is 4.98 Å². The number of primary amides is 1. The molecular weight excluding hydrogens is 443 g/mol. The molecule has 1 amide bonds. The molecule has 0 bridgehead atoms. The Morgan fingerprint density at radius 1 is 1.25 bits per heavy atom. The molecule has 1 saturated heterocycles. The number of nitrogens with two attached hydrogens (primary N) is 1. The number of anilines is 1. The number of hydrogen-bond acceptors (Lipinski definition) is 6. The second-order valence-electron chi connectivity index (χ2n) is 7.49. The number of piperidine rings is 1. The van der Waals surface area contributed by atoms with E-state index in [1.54, 1.807) is 17.0 Å². The lowest BCUT2D eigenvalue weighted by Crippen LogP contribution is -2.36. The van der Waals surface area contributed by atoms with Crippen LogP contribution in [-0.2, 0) is 12.7 Å². The predicted octanol–water partition coefficient (Wildman–Crippen LogP) is 3.49. The van der Waals surface area contributed by atoms with Crippen molar-refractivity contribution in [2.24, 2.45) is 5.73 Å². The van der Waals surface area contributed by atoms with Crippen molar-refractivity contribution in [1.82, 2.24) is 9.55 Å². The van der Waals surface area contributed by atoms with Crippen molar-refractivity contribution in [3.8, 4) is 6.07 Å². The summed E-state index contributed by atoms with van der Waals surface area (Å²) in [5.41, 5.74) is 3.84. The second kappa shape index (κ2) is 8.27. The maximum atomic E-state index is 13.5. The van der Waals surface area contributed by atoms with E-state index in [-0.39, 0.29) is 33.8 Å². The lowest BCUT2D eigenvalue weighted by atomic mass is 10.0. The van der Waals surface area contributed by atoms with Crippen LogP contribution in [0, 0.1) is 11.3 Å². The smallest absolute Gasteiger partial charge is 0.366 e. The standard InChI is InChI=1S/C21H18F3N5O2S/c22-21(23,24)15-11-32-17-16(15)27-20(28-7-2-1-3-8-28)29(19(17)31)10-12-5-4-6-13(18(26)30)14(12)9-25/h4-6,11H,1-3,7-8,10H2,(H2,26,30). The van der Waals surface area contributed by atoms with Crippen molar-refractivity contribution >= 4 is 33.4 Å². The molecular formula is C21H18F3N5O2S. The lowest BCUT2D eigenvalue weighted by molar-refractivity contribution is -0.136. The number of nitriles is 1. The molecule has 0 unspecified atom stereocenters. The van der Waals surface area contributed by atoms with Crippen molar-refractivity contribution in [3.63, 3.8) is 0 Å². The number of fused-ring (bicyclic) bond motifs is 1. The number of alkyl halides is 3. The third-order valence-electron chi connectivity index (χ3n) is 5.46. The van der Waals surface area contributed by atoms with Crippen LogP contribution in [0.15, 0.2) is 28.4 Å². The molecule has 1 aromatic carbocycles. The average molecular weight is 461 g/mol. The van der Waals surface area contributed by atoms with Gasteiger partial charge in [-0.1, -0.05) is 12.1 Å². The number of carbonyl (C=O) groups excluding carboxylic acids is 1. The van der Waals surface area contributed by atoms with E-state index in [4.69, 9.17) is 5.73 Å². The molecule has 11 heteroatoms. The van der Waals surface area contributed by atoms with Crippen LogP contribution < -0.4 is 16.2 Å². The normalized spacial score (nSPS) is 14.5. The first kappa shape index (κ1) is 21.8. The van der Waals surface area contributed by atoms with Crippen LogP contribution in [0.25, 0.3) is 10.2 Å². The molecule has 0 spiro atoms. The second-order valence-corrected chi connectivity index (χ2v) is 8.37. The van der Waals surface area contributed by atoms with Gasteiger partial charge in [0.1, 0.15) is 16.3 Å². The molecule has 0 atom stereocenters. The van der Waals surface area contributed by atoms with E-state index in [1.807, 2.05) is 6.07 Å². The van der Waals surface area contributed by atoms with Crippen molar-refractivity contribution in [2.75, 3.05) is 18.0 Å². The summed E-state index contributed by atoms with van der Waals surface area (Å²) in [5, 5.41) is 10.5. The van der Waals surface area contributed by atoms with E-state index < -0.39 is 23.2 Å². The number of carbonyl (C=O) groups is 1. The first-order valence-corrected chi connectivity index (χ1v) is 10.8. The summed E-state index contributed by atoms with van der Waals surface area (Å²) in [5.74, 6) is -0.659. The monoisotopic (exact) mass is 461 g/mol. The molecule has 2 N–H and O–H groups in total. The summed E-state index contributed by atoms with van der Waals surface area (Å²) in [4.78, 5) is 31.1. The van der Waals surface area contributed by atoms with Gasteiger partial charge in [0.2, 0.25) is 11.9 Å². The molecule has 0 aliphatic carbocycles. The SMILES string of the molecule is N#Cc1c(Cn2c(N3CCCCC3)nc3c(C(F)(F)F)csc3c2=O)cccc1C(N)=O. The topological polar surface area (TPSA) is 105 Å². The van der Waals surface area contributed by atoms with E-state index in [2.05, 4.69) is 4.98 Å². The minimum atomic E-state index is -4.63. The highest BCUT2D eigenvalue weighted by Gasteiger charge is 2.36. The van der Waals surface area contributed by atoms with Crippen LogP contribution in [0.1, 0.15) is 46.3 Å².